The minimum absolute atomic E-state index is 0.0159. The average Bonchev–Trinajstić information content (AvgIpc) is 1.55. The molecule has 38 nitrogen and oxygen atoms in total. The summed E-state index contributed by atoms with van der Waals surface area (Å²) in [5, 5.41) is 46.6. The third kappa shape index (κ3) is 30.5. The second-order valence-electron chi connectivity index (χ2n) is 33.9. The Morgan fingerprint density at radius 1 is 0.452 bits per heavy atom. The lowest BCUT2D eigenvalue weighted by atomic mass is 9.95. The summed E-state index contributed by atoms with van der Waals surface area (Å²) in [6, 6.07) is -4.17. The van der Waals surface area contributed by atoms with E-state index in [4.69, 9.17) is 17.2 Å². The van der Waals surface area contributed by atoms with Crippen molar-refractivity contribution < 1.29 is 91.4 Å². The number of rotatable bonds is 45. The molecule has 18 amide bonds. The Balaban J connectivity index is 1.76. The molecule has 2 aromatic rings. The number of nitrogens with one attached hydrogen (secondary N) is 15. The molecule has 642 valence electrons. The Hall–Kier alpha value is -10.8. The third-order valence-corrected chi connectivity index (χ3v) is 19.1. The van der Waals surface area contributed by atoms with Crippen LogP contribution in [0, 0.1) is 17.8 Å². The molecule has 1 aromatic carbocycles. The van der Waals surface area contributed by atoms with Crippen molar-refractivity contribution in [1.82, 2.24) is 84.3 Å². The number of benzene rings is 1. The number of aliphatic hydroxyl groups is 1. The minimum Gasteiger partial charge on any atom is -0.394 e. The molecule has 0 bridgehead atoms. The molecular weight excluding hydrogens is 1490 g/mol. The zero-order valence-electron chi connectivity index (χ0n) is 70.0. The van der Waals surface area contributed by atoms with E-state index in [0.29, 0.717) is 6.42 Å². The molecule has 1 aliphatic rings. The fourth-order valence-corrected chi connectivity index (χ4v) is 12.2. The normalized spacial score (nSPS) is 15.5. The van der Waals surface area contributed by atoms with Gasteiger partial charge in [0.1, 0.15) is 81.6 Å². The lowest BCUT2D eigenvalue weighted by Gasteiger charge is -2.36. The van der Waals surface area contributed by atoms with Gasteiger partial charge in [0.25, 0.3) is 0 Å². The number of nitrogens with two attached hydrogens (primary N) is 3. The summed E-state index contributed by atoms with van der Waals surface area (Å²) in [4.78, 5) is 250. The fourth-order valence-electron chi connectivity index (χ4n) is 12.2. The first-order chi connectivity index (χ1) is 52.9. The predicted molar refractivity (Wildman–Crippen MR) is 423 cm³/mol. The van der Waals surface area contributed by atoms with Gasteiger partial charge in [0.15, 0.2) is 0 Å². The molecule has 9 atom stereocenters. The van der Waals surface area contributed by atoms with Crippen molar-refractivity contribution in [2.24, 2.45) is 35.0 Å². The molecular formula is C77H125N19O19. The highest BCUT2D eigenvalue weighted by molar-refractivity contribution is 6.03. The summed E-state index contributed by atoms with van der Waals surface area (Å²) in [5.74, 6) is -16.3. The molecule has 38 heteroatoms. The Morgan fingerprint density at radius 3 is 1.29 bits per heavy atom. The first-order valence-corrected chi connectivity index (χ1v) is 38.5. The monoisotopic (exact) mass is 1620 g/mol. The first kappa shape index (κ1) is 98.4. The average molecular weight is 1620 g/mol. The van der Waals surface area contributed by atoms with Crippen molar-refractivity contribution in [2.45, 2.75) is 297 Å². The SMILES string of the molecule is CC(=O)N[C@@H](Cc1c[nH]c2ccccc12)C(=O)NC(C)(C)C(=O)NC(C)(C)C(=O)N[C@@H](CC(C)C)C(=O)N[C@H](C(=O)N[C@@H](CCC(N)=O)C(=O)NC(C)(C)C(=O)NC(C)(C)C(=O)NC(C)(C)C(=O)N[C@@H](CCC(N)=O)C(=O)N[C@@H](CC(C)C)C(=O)NC(C)(C)C(=O)N1CCC[C@H]1C(=O)N[C@@H](CCC(N)=O)C(=O)N[C@@H](C)CO)C(C)C. The number of H-pyrrole nitrogens is 1. The number of hydrogen-bond acceptors (Lipinski definition) is 19. The number of aromatic amines is 1. The molecule has 0 unspecified atom stereocenters. The van der Waals surface area contributed by atoms with Gasteiger partial charge < -0.3 is 107 Å². The third-order valence-electron chi connectivity index (χ3n) is 19.1. The number of hydrogen-bond donors (Lipinski definition) is 19. The van der Waals surface area contributed by atoms with Crippen molar-refractivity contribution in [1.29, 1.82) is 0 Å². The molecule has 0 spiro atoms. The number of para-hydroxylation sites is 1. The van der Waals surface area contributed by atoms with E-state index < -0.39 is 232 Å². The van der Waals surface area contributed by atoms with Gasteiger partial charge in [-0.1, -0.05) is 59.7 Å². The van der Waals surface area contributed by atoms with E-state index in [9.17, 15) is 91.4 Å². The van der Waals surface area contributed by atoms with Crippen LogP contribution in [0.4, 0.5) is 0 Å². The smallest absolute Gasteiger partial charge is 0.248 e. The standard InChI is InChI=1S/C77H125N19O19/c1-39(2)34-50(88-67(111)73(11,12)93-68(112)75(15,16)91-63(107)52(83-43(8)98)36-44-37-81-46-25-22-21-24-45(44)46)60(104)89-57(41(5)6)65(109)85-49(29-32-56(80)101)61(105)90-74(13,14)69(113)95-76(17,18)70(114)94-72(9,10)66(110)87-48(28-31-55(79)100)59(103)86-51(35-40(3)4)62(106)92-77(19,20)71(115)96-33-23-26-53(96)64(108)84-47(27-30-54(78)99)58(102)82-42(7)38-97/h21-22,24-25,37,39-42,47-53,57,81,97H,23,26-36,38H2,1-20H3,(H2,78,99)(H2,79,100)(H2,80,101)(H,82,102)(H,83,98)(H,84,108)(H,85,109)(H,86,103)(H,87,110)(H,88,111)(H,89,104)(H,90,105)(H,91,107)(H,92,106)(H,93,112)(H,94,114)(H,95,113)/t42-,47-,48-,49-,50-,51-,52-,53-,57-/m0/s1. The Kier molecular flexibility index (Phi) is 35.9. The molecule has 0 radical (unpaired) electrons. The minimum atomic E-state index is -1.94. The number of primary amides is 3. The van der Waals surface area contributed by atoms with Gasteiger partial charge in [-0.05, 0) is 164 Å². The second kappa shape index (κ2) is 42.0. The summed E-state index contributed by atoms with van der Waals surface area (Å²) < 4.78 is 0. The van der Waals surface area contributed by atoms with Gasteiger partial charge in [-0.25, -0.2) is 0 Å². The maximum atomic E-state index is 14.3. The van der Waals surface area contributed by atoms with Gasteiger partial charge in [0.05, 0.1) is 6.61 Å². The maximum absolute atomic E-state index is 14.3. The maximum Gasteiger partial charge on any atom is 0.248 e. The van der Waals surface area contributed by atoms with Gasteiger partial charge >= 0.3 is 0 Å². The second-order valence-corrected chi connectivity index (χ2v) is 33.9. The summed E-state index contributed by atoms with van der Waals surface area (Å²) in [7, 11) is 0. The van der Waals surface area contributed by atoms with Crippen LogP contribution in [0.15, 0.2) is 30.5 Å². The van der Waals surface area contributed by atoms with E-state index in [1.54, 1.807) is 47.7 Å². The summed E-state index contributed by atoms with van der Waals surface area (Å²) in [6.07, 6.45) is 0.0658. The number of fused-ring (bicyclic) bond motifs is 1. The number of aliphatic hydroxyl groups excluding tert-OH is 1. The van der Waals surface area contributed by atoms with E-state index in [2.05, 4.69) is 79.4 Å². The van der Waals surface area contributed by atoms with Gasteiger partial charge in [-0.3, -0.25) is 86.3 Å². The highest BCUT2D eigenvalue weighted by Crippen LogP contribution is 2.25. The highest BCUT2D eigenvalue weighted by Gasteiger charge is 2.47. The molecule has 1 aromatic heterocycles. The number of likely N-dealkylation sites (tertiary alicyclic amines) is 1. The van der Waals surface area contributed by atoms with Crippen molar-refractivity contribution in [3.05, 3.63) is 36.0 Å². The van der Waals surface area contributed by atoms with Crippen LogP contribution in [0.25, 0.3) is 10.9 Å². The summed E-state index contributed by atoms with van der Waals surface area (Å²) in [5.41, 5.74) is 6.88. The van der Waals surface area contributed by atoms with Gasteiger partial charge in [-0.15, -0.1) is 0 Å². The summed E-state index contributed by atoms with van der Waals surface area (Å²) in [6.45, 7) is 28.4. The quantitative estimate of drug-likeness (QED) is 0.0327. The van der Waals surface area contributed by atoms with Gasteiger partial charge in [-0.2, -0.15) is 0 Å². The zero-order valence-corrected chi connectivity index (χ0v) is 70.0. The van der Waals surface area contributed by atoms with Crippen LogP contribution in [-0.2, 0) is 92.7 Å². The number of nitrogens with zero attached hydrogens (tertiary/aromatic N) is 1. The first-order valence-electron chi connectivity index (χ1n) is 38.5. The van der Waals surface area contributed by atoms with E-state index >= 15 is 0 Å². The van der Waals surface area contributed by atoms with Crippen LogP contribution >= 0.6 is 0 Å². The van der Waals surface area contributed by atoms with Crippen molar-refractivity contribution in [2.75, 3.05) is 13.2 Å². The molecule has 22 N–H and O–H groups in total. The lowest BCUT2D eigenvalue weighted by molar-refractivity contribution is -0.145. The van der Waals surface area contributed by atoms with Crippen LogP contribution in [0.2, 0.25) is 0 Å². The van der Waals surface area contributed by atoms with E-state index in [1.165, 1.54) is 102 Å². The Morgan fingerprint density at radius 2 is 0.835 bits per heavy atom. The fraction of sp³-hybridized carbons (Fsp3) is 0.662. The molecule has 0 aliphatic carbocycles. The van der Waals surface area contributed by atoms with E-state index in [-0.39, 0.29) is 56.9 Å². The molecule has 1 aliphatic heterocycles. The van der Waals surface area contributed by atoms with Crippen molar-refractivity contribution >= 4 is 117 Å². The van der Waals surface area contributed by atoms with Crippen LogP contribution in [0.3, 0.4) is 0 Å². The molecule has 3 rings (SSSR count). The largest absolute Gasteiger partial charge is 0.394 e. The van der Waals surface area contributed by atoms with Crippen LogP contribution in [0.1, 0.15) is 208 Å². The van der Waals surface area contributed by atoms with Crippen LogP contribution in [-0.4, -0.2) is 222 Å². The highest BCUT2D eigenvalue weighted by atomic mass is 16.3. The summed E-state index contributed by atoms with van der Waals surface area (Å²) >= 11 is 0. The molecule has 2 heterocycles. The van der Waals surface area contributed by atoms with Crippen LogP contribution < -0.4 is 91.6 Å². The molecule has 1 saturated heterocycles. The van der Waals surface area contributed by atoms with Gasteiger partial charge in [0.2, 0.25) is 106 Å². The number of carbonyl (C=O) groups excluding carboxylic acids is 18. The van der Waals surface area contributed by atoms with E-state index in [0.717, 1.165) is 16.5 Å². The Bertz CT molecular complexity index is 3920. The predicted octanol–water partition coefficient (Wildman–Crippen LogP) is -2.47. The molecule has 115 heavy (non-hydrogen) atoms. The number of amides is 18. The van der Waals surface area contributed by atoms with Crippen molar-refractivity contribution in [3.8, 4) is 0 Å². The zero-order chi connectivity index (χ0) is 88.0. The Labute approximate surface area is 671 Å². The van der Waals surface area contributed by atoms with Crippen molar-refractivity contribution in [3.63, 3.8) is 0 Å². The van der Waals surface area contributed by atoms with Gasteiger partial charge in [0, 0.05) is 62.3 Å². The number of aromatic nitrogens is 1. The molecule has 0 saturated carbocycles. The van der Waals surface area contributed by atoms with E-state index in [1.807, 2.05) is 24.3 Å². The molecule has 1 fully saturated rings. The topological polar surface area (TPSA) is 593 Å². The van der Waals surface area contributed by atoms with Crippen LogP contribution in [0.5, 0.6) is 0 Å². The number of carbonyl (C=O) groups is 18. The lowest BCUT2D eigenvalue weighted by Crippen LogP contribution is -2.67.